The molecule has 1 aromatic rings. The summed E-state index contributed by atoms with van der Waals surface area (Å²) in [4.78, 5) is 12.4. The van der Waals surface area contributed by atoms with E-state index in [9.17, 15) is 4.79 Å². The fourth-order valence-electron chi connectivity index (χ4n) is 3.17. The lowest BCUT2D eigenvalue weighted by atomic mass is 9.75. The summed E-state index contributed by atoms with van der Waals surface area (Å²) in [6.45, 7) is 2.37. The molecule has 0 aliphatic carbocycles. The van der Waals surface area contributed by atoms with Gasteiger partial charge in [0.25, 0.3) is 0 Å². The molecule has 0 radical (unpaired) electrons. The molecular weight excluding hydrogens is 246 g/mol. The van der Waals surface area contributed by atoms with Gasteiger partial charge in [-0.15, -0.1) is 0 Å². The highest BCUT2D eigenvalue weighted by Gasteiger charge is 2.48. The Morgan fingerprint density at radius 2 is 1.68 bits per heavy atom. The van der Waals surface area contributed by atoms with Gasteiger partial charge in [0, 0.05) is 25.0 Å². The molecule has 0 unspecified atom stereocenters. The maximum atomic E-state index is 12.4. The average molecular weight is 261 g/mol. The number of nitrogens with one attached hydrogen (secondary N) is 1. The van der Waals surface area contributed by atoms with E-state index in [2.05, 4.69) is 5.32 Å². The molecule has 1 aromatic carbocycles. The van der Waals surface area contributed by atoms with Crippen LogP contribution in [0.2, 0.25) is 0 Å². The van der Waals surface area contributed by atoms with Gasteiger partial charge in [0.2, 0.25) is 5.91 Å². The molecule has 0 bridgehead atoms. The van der Waals surface area contributed by atoms with Crippen LogP contribution in [-0.4, -0.2) is 32.3 Å². The van der Waals surface area contributed by atoms with Crippen molar-refractivity contribution in [3.63, 3.8) is 0 Å². The molecule has 1 saturated heterocycles. The summed E-state index contributed by atoms with van der Waals surface area (Å²) in [5.41, 5.74) is 1.45. The summed E-state index contributed by atoms with van der Waals surface area (Å²) < 4.78 is 16.6. The van der Waals surface area contributed by atoms with Crippen molar-refractivity contribution in [1.29, 1.82) is 0 Å². The lowest BCUT2D eigenvalue weighted by Crippen LogP contribution is -2.40. The fourth-order valence-corrected chi connectivity index (χ4v) is 3.17. The van der Waals surface area contributed by atoms with Crippen LogP contribution in [0.1, 0.15) is 18.4 Å². The molecule has 19 heavy (non-hydrogen) atoms. The molecule has 0 atom stereocenters. The number of benzene rings is 1. The number of amides is 1. The van der Waals surface area contributed by atoms with E-state index in [-0.39, 0.29) is 5.91 Å². The third-order valence-corrected chi connectivity index (χ3v) is 4.23. The van der Waals surface area contributed by atoms with Crippen LogP contribution < -0.4 is 14.8 Å². The van der Waals surface area contributed by atoms with Crippen molar-refractivity contribution < 1.29 is 19.0 Å². The number of carbonyl (C=O) groups excluding carboxylic acids is 1. The lowest BCUT2D eigenvalue weighted by Gasteiger charge is -2.31. The van der Waals surface area contributed by atoms with Gasteiger partial charge in [0.1, 0.15) is 13.2 Å². The van der Waals surface area contributed by atoms with Gasteiger partial charge >= 0.3 is 0 Å². The number of fused-ring (bicyclic) bond motifs is 3. The van der Waals surface area contributed by atoms with Gasteiger partial charge in [0.05, 0.1) is 5.41 Å². The highest BCUT2D eigenvalue weighted by atomic mass is 16.6. The molecule has 3 heterocycles. The second kappa shape index (κ2) is 3.87. The van der Waals surface area contributed by atoms with Gasteiger partial charge < -0.3 is 19.5 Å². The van der Waals surface area contributed by atoms with E-state index in [4.69, 9.17) is 14.2 Å². The normalized spacial score (nSPS) is 23.1. The summed E-state index contributed by atoms with van der Waals surface area (Å²) in [5, 5.41) is 2.98. The predicted molar refractivity (Wildman–Crippen MR) is 67.8 cm³/mol. The Hall–Kier alpha value is -1.75. The van der Waals surface area contributed by atoms with Crippen molar-refractivity contribution >= 4 is 11.6 Å². The molecule has 100 valence electrons. The van der Waals surface area contributed by atoms with E-state index in [1.165, 1.54) is 0 Å². The minimum absolute atomic E-state index is 0.0770. The lowest BCUT2D eigenvalue weighted by molar-refractivity contribution is -0.124. The molecular formula is C14H15NO4. The monoisotopic (exact) mass is 261 g/mol. The van der Waals surface area contributed by atoms with Gasteiger partial charge in [0.15, 0.2) is 11.5 Å². The molecule has 1 N–H and O–H groups in total. The second-order valence-electron chi connectivity index (χ2n) is 5.19. The summed E-state index contributed by atoms with van der Waals surface area (Å²) >= 11 is 0. The number of anilines is 1. The Morgan fingerprint density at radius 3 is 2.42 bits per heavy atom. The van der Waals surface area contributed by atoms with Crippen LogP contribution in [0.3, 0.4) is 0 Å². The smallest absolute Gasteiger partial charge is 0.235 e. The van der Waals surface area contributed by atoms with Crippen LogP contribution in [0.25, 0.3) is 0 Å². The quantitative estimate of drug-likeness (QED) is 0.768. The molecule has 4 rings (SSSR count). The van der Waals surface area contributed by atoms with Crippen molar-refractivity contribution in [1.82, 2.24) is 0 Å². The first-order chi connectivity index (χ1) is 9.29. The van der Waals surface area contributed by atoms with Gasteiger partial charge in [-0.25, -0.2) is 0 Å². The van der Waals surface area contributed by atoms with Crippen molar-refractivity contribution in [3.8, 4) is 11.5 Å². The van der Waals surface area contributed by atoms with Crippen LogP contribution in [0.15, 0.2) is 12.1 Å². The number of carbonyl (C=O) groups is 1. The number of ether oxygens (including phenoxy) is 3. The molecule has 0 aromatic heterocycles. The molecule has 3 aliphatic rings. The van der Waals surface area contributed by atoms with Gasteiger partial charge in [-0.2, -0.15) is 0 Å². The fraction of sp³-hybridized carbons (Fsp3) is 0.500. The Labute approximate surface area is 110 Å². The largest absolute Gasteiger partial charge is 0.486 e. The van der Waals surface area contributed by atoms with Gasteiger partial charge in [-0.3, -0.25) is 4.79 Å². The van der Waals surface area contributed by atoms with Gasteiger partial charge in [-0.05, 0) is 24.5 Å². The van der Waals surface area contributed by atoms with E-state index in [1.54, 1.807) is 0 Å². The average Bonchev–Trinajstić information content (AvgIpc) is 2.70. The zero-order chi connectivity index (χ0) is 12.9. The zero-order valence-electron chi connectivity index (χ0n) is 10.5. The van der Waals surface area contributed by atoms with Crippen LogP contribution in [0, 0.1) is 0 Å². The Balaban J connectivity index is 1.84. The Bertz CT molecular complexity index is 549. The Kier molecular flexibility index (Phi) is 2.26. The van der Waals surface area contributed by atoms with Crippen molar-refractivity contribution in [2.45, 2.75) is 18.3 Å². The summed E-state index contributed by atoms with van der Waals surface area (Å²) in [5.74, 6) is 1.54. The summed E-state index contributed by atoms with van der Waals surface area (Å²) in [6.07, 6.45) is 1.46. The standard InChI is InChI=1S/C14H15NO4/c16-13-14(1-3-17-4-2-14)9-7-11-12(8-10(9)15-13)19-6-5-18-11/h7-8H,1-6H2,(H,15,16). The molecule has 0 saturated carbocycles. The van der Waals surface area contributed by atoms with Gasteiger partial charge in [-0.1, -0.05) is 0 Å². The van der Waals surface area contributed by atoms with Crippen LogP contribution in [0.4, 0.5) is 5.69 Å². The first-order valence-electron chi connectivity index (χ1n) is 6.63. The summed E-state index contributed by atoms with van der Waals surface area (Å²) in [7, 11) is 0. The topological polar surface area (TPSA) is 56.8 Å². The predicted octanol–water partition coefficient (Wildman–Crippen LogP) is 1.46. The molecule has 1 spiro atoms. The third-order valence-electron chi connectivity index (χ3n) is 4.23. The molecule has 5 heteroatoms. The number of hydrogen-bond donors (Lipinski definition) is 1. The molecule has 3 aliphatic heterocycles. The molecule has 1 amide bonds. The van der Waals surface area contributed by atoms with Crippen molar-refractivity contribution in [2.75, 3.05) is 31.7 Å². The summed E-state index contributed by atoms with van der Waals surface area (Å²) in [6, 6.07) is 3.85. The van der Waals surface area contributed by atoms with Crippen molar-refractivity contribution in [3.05, 3.63) is 17.7 Å². The maximum Gasteiger partial charge on any atom is 0.235 e. The molecule has 5 nitrogen and oxygen atoms in total. The second-order valence-corrected chi connectivity index (χ2v) is 5.19. The zero-order valence-corrected chi connectivity index (χ0v) is 10.5. The SMILES string of the molecule is O=C1Nc2cc3c(cc2C12CCOCC2)OCCO3. The van der Waals surface area contributed by atoms with Crippen LogP contribution >= 0.6 is 0 Å². The van der Waals surface area contributed by atoms with E-state index in [0.29, 0.717) is 26.4 Å². The minimum atomic E-state index is -0.441. The van der Waals surface area contributed by atoms with E-state index >= 15 is 0 Å². The highest BCUT2D eigenvalue weighted by molar-refractivity contribution is 6.06. The molecule has 1 fully saturated rings. The number of hydrogen-bond acceptors (Lipinski definition) is 4. The minimum Gasteiger partial charge on any atom is -0.486 e. The highest BCUT2D eigenvalue weighted by Crippen LogP contribution is 2.48. The van der Waals surface area contributed by atoms with E-state index in [0.717, 1.165) is 35.6 Å². The van der Waals surface area contributed by atoms with E-state index in [1.807, 2.05) is 12.1 Å². The Morgan fingerprint density at radius 1 is 1.00 bits per heavy atom. The van der Waals surface area contributed by atoms with E-state index < -0.39 is 5.41 Å². The maximum absolute atomic E-state index is 12.4. The number of rotatable bonds is 0. The van der Waals surface area contributed by atoms with Crippen molar-refractivity contribution in [2.24, 2.45) is 0 Å². The van der Waals surface area contributed by atoms with Crippen LogP contribution in [0.5, 0.6) is 11.5 Å². The first kappa shape index (κ1) is 11.1. The first-order valence-corrected chi connectivity index (χ1v) is 6.63. The third kappa shape index (κ3) is 1.48. The van der Waals surface area contributed by atoms with Crippen LogP contribution in [-0.2, 0) is 14.9 Å².